The van der Waals surface area contributed by atoms with Crippen molar-refractivity contribution in [2.24, 2.45) is 0 Å². The van der Waals surface area contributed by atoms with Crippen LogP contribution < -0.4 is 4.74 Å². The van der Waals surface area contributed by atoms with Gasteiger partial charge < -0.3 is 9.84 Å². The smallest absolute Gasteiger partial charge is 0.406 e. The molecule has 1 saturated carbocycles. The highest BCUT2D eigenvalue weighted by molar-refractivity contribution is 5.40. The van der Waals surface area contributed by atoms with Crippen LogP contribution in [0.5, 0.6) is 5.75 Å². The average molecular weight is 276 g/mol. The van der Waals surface area contributed by atoms with E-state index in [4.69, 9.17) is 5.11 Å². The van der Waals surface area contributed by atoms with Crippen molar-refractivity contribution in [3.63, 3.8) is 0 Å². The molecule has 0 radical (unpaired) electrons. The van der Waals surface area contributed by atoms with Crippen LogP contribution in [0.4, 0.5) is 17.6 Å². The molecular weight excluding hydrogens is 264 g/mol. The molecule has 0 aromatic heterocycles. The molecule has 19 heavy (non-hydrogen) atoms. The van der Waals surface area contributed by atoms with E-state index < -0.39 is 24.2 Å². The fourth-order valence-corrected chi connectivity index (χ4v) is 1.98. The van der Waals surface area contributed by atoms with Crippen LogP contribution in [-0.4, -0.2) is 18.1 Å². The van der Waals surface area contributed by atoms with Crippen LogP contribution in [0.3, 0.4) is 0 Å². The summed E-state index contributed by atoms with van der Waals surface area (Å²) in [6.45, 7) is -0.670. The van der Waals surface area contributed by atoms with E-state index in [-0.39, 0.29) is 5.75 Å². The van der Waals surface area contributed by atoms with E-state index in [0.29, 0.717) is 18.4 Å². The number of halogens is 4. The number of benzene rings is 1. The molecule has 1 aromatic carbocycles. The first-order valence-electron chi connectivity index (χ1n) is 5.69. The summed E-state index contributed by atoms with van der Waals surface area (Å²) < 4.78 is 52.8. The van der Waals surface area contributed by atoms with Gasteiger partial charge in [0.15, 0.2) is 0 Å². The van der Waals surface area contributed by atoms with Crippen LogP contribution >= 0.6 is 0 Å². The second-order valence-corrected chi connectivity index (χ2v) is 4.48. The monoisotopic (exact) mass is 276 g/mol. The third kappa shape index (κ3) is 3.47. The molecule has 0 saturated heterocycles. The first-order valence-corrected chi connectivity index (χ1v) is 5.69. The van der Waals surface area contributed by atoms with Crippen molar-refractivity contribution in [2.75, 3.05) is 6.61 Å². The van der Waals surface area contributed by atoms with Gasteiger partial charge in [0, 0.05) is 5.41 Å². The Labute approximate surface area is 107 Å². The van der Waals surface area contributed by atoms with Gasteiger partial charge in [-0.2, -0.15) is 0 Å². The van der Waals surface area contributed by atoms with E-state index in [9.17, 15) is 17.6 Å². The van der Waals surface area contributed by atoms with Gasteiger partial charge in [-0.05, 0) is 36.6 Å². The number of ether oxygens (including phenoxy) is 1. The Morgan fingerprint density at radius 3 is 2.26 bits per heavy atom. The van der Waals surface area contributed by atoms with Gasteiger partial charge in [0.1, 0.15) is 11.6 Å². The Balaban J connectivity index is 2.15. The topological polar surface area (TPSA) is 29.5 Å². The minimum atomic E-state index is -4.72. The fraction of sp³-hybridized carbons (Fsp3) is 0.385. The van der Waals surface area contributed by atoms with Crippen LogP contribution in [0.2, 0.25) is 0 Å². The molecule has 2 rings (SSSR count). The lowest BCUT2D eigenvalue weighted by Gasteiger charge is -2.13. The standard InChI is InChI=1S/C13H12F4O2/c14-10(8-18)7-12(5-6-12)9-1-3-11(4-2-9)19-13(15,16)17/h1-4,7,18H,5-6,8H2. The number of hydrogen-bond acceptors (Lipinski definition) is 2. The Morgan fingerprint density at radius 2 is 1.84 bits per heavy atom. The van der Waals surface area contributed by atoms with Crippen LogP contribution in [0.1, 0.15) is 18.4 Å². The van der Waals surface area contributed by atoms with Gasteiger partial charge in [-0.15, -0.1) is 13.2 Å². The molecule has 0 unspecified atom stereocenters. The third-order valence-corrected chi connectivity index (χ3v) is 3.04. The minimum Gasteiger partial charge on any atom is -0.406 e. The van der Waals surface area contributed by atoms with Crippen molar-refractivity contribution in [3.8, 4) is 5.75 Å². The molecule has 0 spiro atoms. The van der Waals surface area contributed by atoms with Crippen molar-refractivity contribution < 1.29 is 27.4 Å². The number of aliphatic hydroxyl groups is 1. The van der Waals surface area contributed by atoms with Crippen LogP contribution in [-0.2, 0) is 5.41 Å². The molecular formula is C13H12F4O2. The molecule has 1 aliphatic rings. The lowest BCUT2D eigenvalue weighted by molar-refractivity contribution is -0.274. The van der Waals surface area contributed by atoms with Crippen LogP contribution in [0, 0.1) is 0 Å². The molecule has 0 bridgehead atoms. The van der Waals surface area contributed by atoms with Crippen molar-refractivity contribution in [1.82, 2.24) is 0 Å². The largest absolute Gasteiger partial charge is 0.573 e. The Kier molecular flexibility index (Phi) is 3.54. The summed E-state index contributed by atoms with van der Waals surface area (Å²) in [5.74, 6) is -0.938. The van der Waals surface area contributed by atoms with E-state index in [1.807, 2.05) is 0 Å². The van der Waals surface area contributed by atoms with Gasteiger partial charge in [0.05, 0.1) is 6.61 Å². The first-order chi connectivity index (χ1) is 8.85. The summed E-state index contributed by atoms with van der Waals surface area (Å²) in [4.78, 5) is 0. The number of aliphatic hydroxyl groups excluding tert-OH is 1. The van der Waals surface area contributed by atoms with E-state index in [0.717, 1.165) is 0 Å². The van der Waals surface area contributed by atoms with Crippen LogP contribution in [0.15, 0.2) is 36.2 Å². The van der Waals surface area contributed by atoms with Gasteiger partial charge in [-0.3, -0.25) is 0 Å². The fourth-order valence-electron chi connectivity index (χ4n) is 1.98. The van der Waals surface area contributed by atoms with E-state index in [2.05, 4.69) is 4.74 Å². The van der Waals surface area contributed by atoms with E-state index >= 15 is 0 Å². The summed E-state index contributed by atoms with van der Waals surface area (Å²) in [6, 6.07) is 5.37. The number of rotatable bonds is 4. The Bertz CT molecular complexity index is 472. The maximum atomic E-state index is 13.1. The molecule has 1 aliphatic carbocycles. The zero-order valence-electron chi connectivity index (χ0n) is 9.88. The molecule has 6 heteroatoms. The van der Waals surface area contributed by atoms with Gasteiger partial charge in [-0.1, -0.05) is 12.1 Å². The lowest BCUT2D eigenvalue weighted by Crippen LogP contribution is -2.17. The second-order valence-electron chi connectivity index (χ2n) is 4.48. The normalized spacial score (nSPS) is 18.3. The zero-order chi connectivity index (χ0) is 14.1. The summed E-state index contributed by atoms with van der Waals surface area (Å²) >= 11 is 0. The number of hydrogen-bond donors (Lipinski definition) is 1. The predicted octanol–water partition coefficient (Wildman–Crippen LogP) is 3.46. The second kappa shape index (κ2) is 4.85. The van der Waals surface area contributed by atoms with Crippen LogP contribution in [0.25, 0.3) is 0 Å². The highest BCUT2D eigenvalue weighted by Gasteiger charge is 2.42. The molecule has 1 fully saturated rings. The third-order valence-electron chi connectivity index (χ3n) is 3.04. The van der Waals surface area contributed by atoms with Crippen molar-refractivity contribution in [3.05, 3.63) is 41.7 Å². The predicted molar refractivity (Wildman–Crippen MR) is 60.3 cm³/mol. The van der Waals surface area contributed by atoms with Gasteiger partial charge in [-0.25, -0.2) is 4.39 Å². The van der Waals surface area contributed by atoms with Gasteiger partial charge in [0.25, 0.3) is 0 Å². The zero-order valence-corrected chi connectivity index (χ0v) is 9.88. The van der Waals surface area contributed by atoms with E-state index in [1.165, 1.54) is 30.3 Å². The van der Waals surface area contributed by atoms with Crippen molar-refractivity contribution in [1.29, 1.82) is 0 Å². The summed E-state index contributed by atoms with van der Waals surface area (Å²) in [7, 11) is 0. The number of alkyl halides is 3. The maximum absolute atomic E-state index is 13.1. The number of allylic oxidation sites excluding steroid dienone is 1. The highest BCUT2D eigenvalue weighted by Crippen LogP contribution is 2.50. The first kappa shape index (κ1) is 13.9. The molecule has 104 valence electrons. The summed E-state index contributed by atoms with van der Waals surface area (Å²) in [6.07, 6.45) is -1.98. The Morgan fingerprint density at radius 1 is 1.26 bits per heavy atom. The van der Waals surface area contributed by atoms with Gasteiger partial charge in [0.2, 0.25) is 0 Å². The molecule has 1 aromatic rings. The van der Waals surface area contributed by atoms with Crippen molar-refractivity contribution in [2.45, 2.75) is 24.6 Å². The SMILES string of the molecule is OCC(F)=CC1(c2ccc(OC(F)(F)F)cc2)CC1. The highest BCUT2D eigenvalue weighted by atomic mass is 19.4. The molecule has 0 atom stereocenters. The average Bonchev–Trinajstić information content (AvgIpc) is 3.08. The molecule has 2 nitrogen and oxygen atoms in total. The lowest BCUT2D eigenvalue weighted by atomic mass is 9.95. The summed E-state index contributed by atoms with van der Waals surface area (Å²) in [5, 5.41) is 8.66. The maximum Gasteiger partial charge on any atom is 0.573 e. The van der Waals surface area contributed by atoms with E-state index in [1.54, 1.807) is 0 Å². The quantitative estimate of drug-likeness (QED) is 0.853. The molecule has 1 N–H and O–H groups in total. The minimum absolute atomic E-state index is 0.307. The molecule has 0 amide bonds. The van der Waals surface area contributed by atoms with Gasteiger partial charge >= 0.3 is 6.36 Å². The Hall–Kier alpha value is -1.56. The molecule has 0 aliphatic heterocycles. The molecule has 0 heterocycles. The van der Waals surface area contributed by atoms with Crippen molar-refractivity contribution >= 4 is 0 Å². The summed E-state index contributed by atoms with van der Waals surface area (Å²) in [5.41, 5.74) is 0.217.